The van der Waals surface area contributed by atoms with Crippen LogP contribution >= 0.6 is 11.8 Å². The van der Waals surface area contributed by atoms with Crippen LogP contribution in [0.15, 0.2) is 46.8 Å². The van der Waals surface area contributed by atoms with Gasteiger partial charge in [0, 0.05) is 28.3 Å². The lowest BCUT2D eigenvalue weighted by Gasteiger charge is -2.38. The second-order valence-corrected chi connectivity index (χ2v) is 9.28. The quantitative estimate of drug-likeness (QED) is 0.376. The molecule has 8 heteroatoms. The molecule has 32 heavy (non-hydrogen) atoms. The summed E-state index contributed by atoms with van der Waals surface area (Å²) >= 11 is 1.64. The molecule has 0 saturated heterocycles. The Labute approximate surface area is 191 Å². The number of Topliss-reactive ketones (excluding diaryl/α,β-unsaturated/α-hetero) is 1. The molecule has 0 radical (unpaired) electrons. The molecule has 1 aliphatic carbocycles. The van der Waals surface area contributed by atoms with Crippen molar-refractivity contribution in [2.24, 2.45) is 11.8 Å². The van der Waals surface area contributed by atoms with Gasteiger partial charge in [-0.2, -0.15) is 11.8 Å². The number of ether oxygens (including phenoxy) is 2. The standard InChI is InChI=1S/C24H28FNO5S/c1-5-32-11-10-31-24(29)19-14(3)26-17-12-13(2)18(23(28)30-4)22(27)21(17)20(19)15-8-6-7-9-16(15)25/h6-9,13,18,20,26H,5,10-12H2,1-4H3/t13-,18-,20+/m0/s1. The monoisotopic (exact) mass is 461 g/mol. The number of ketones is 1. The molecule has 6 nitrogen and oxygen atoms in total. The average Bonchev–Trinajstić information content (AvgIpc) is 2.75. The predicted octanol–water partition coefficient (Wildman–Crippen LogP) is 3.74. The van der Waals surface area contributed by atoms with Crippen LogP contribution in [0.25, 0.3) is 0 Å². The first-order valence-electron chi connectivity index (χ1n) is 10.6. The SMILES string of the molecule is CCSCCOC(=O)C1=C(C)NC2=C(C(=O)[C@@H](C(=O)OC)[C@@H](C)C2)[C@@H]1c1ccccc1F. The molecule has 1 aromatic carbocycles. The molecule has 1 aromatic rings. The number of carbonyl (C=O) groups excluding carboxylic acids is 3. The summed E-state index contributed by atoms with van der Waals surface area (Å²) in [5.74, 6) is -2.96. The maximum absolute atomic E-state index is 15.0. The minimum absolute atomic E-state index is 0.182. The van der Waals surface area contributed by atoms with Gasteiger partial charge in [0.1, 0.15) is 18.3 Å². The lowest BCUT2D eigenvalue weighted by molar-refractivity contribution is -0.151. The van der Waals surface area contributed by atoms with Crippen molar-refractivity contribution >= 4 is 29.5 Å². The zero-order chi connectivity index (χ0) is 23.4. The Kier molecular flexibility index (Phi) is 7.77. The number of hydrogen-bond donors (Lipinski definition) is 1. The fourth-order valence-electron chi connectivity index (χ4n) is 4.39. The van der Waals surface area contributed by atoms with Crippen LogP contribution in [0.4, 0.5) is 4.39 Å². The van der Waals surface area contributed by atoms with Gasteiger partial charge in [-0.05, 0) is 31.1 Å². The number of rotatable bonds is 7. The van der Waals surface area contributed by atoms with Crippen LogP contribution in [0, 0.1) is 17.7 Å². The van der Waals surface area contributed by atoms with Gasteiger partial charge in [0.25, 0.3) is 0 Å². The third-order valence-electron chi connectivity index (χ3n) is 5.84. The predicted molar refractivity (Wildman–Crippen MR) is 120 cm³/mol. The third-order valence-corrected chi connectivity index (χ3v) is 6.71. The highest BCUT2D eigenvalue weighted by Crippen LogP contribution is 2.46. The largest absolute Gasteiger partial charge is 0.468 e. The molecule has 3 atom stereocenters. The van der Waals surface area contributed by atoms with Crippen LogP contribution < -0.4 is 5.32 Å². The molecule has 1 N–H and O–H groups in total. The van der Waals surface area contributed by atoms with E-state index >= 15 is 0 Å². The second-order valence-electron chi connectivity index (χ2n) is 7.89. The Hall–Kier alpha value is -2.61. The highest BCUT2D eigenvalue weighted by molar-refractivity contribution is 7.99. The molecule has 0 aromatic heterocycles. The third kappa shape index (κ3) is 4.60. The van der Waals surface area contributed by atoms with Crippen molar-refractivity contribution in [3.8, 4) is 0 Å². The Bertz CT molecular complexity index is 986. The topological polar surface area (TPSA) is 81.7 Å². The number of thioether (sulfide) groups is 1. The minimum Gasteiger partial charge on any atom is -0.468 e. The first-order chi connectivity index (χ1) is 15.3. The molecule has 0 amide bonds. The minimum atomic E-state index is -1.01. The van der Waals surface area contributed by atoms with E-state index < -0.39 is 35.4 Å². The van der Waals surface area contributed by atoms with Crippen molar-refractivity contribution in [3.63, 3.8) is 0 Å². The zero-order valence-corrected chi connectivity index (χ0v) is 19.5. The van der Waals surface area contributed by atoms with Gasteiger partial charge in [0.15, 0.2) is 5.78 Å². The van der Waals surface area contributed by atoms with E-state index in [0.29, 0.717) is 23.6 Å². The number of dihydropyridines is 1. The normalized spacial score (nSPS) is 22.9. The fraction of sp³-hybridized carbons (Fsp3) is 0.458. The van der Waals surface area contributed by atoms with E-state index in [4.69, 9.17) is 9.47 Å². The smallest absolute Gasteiger partial charge is 0.336 e. The molecular weight excluding hydrogens is 433 g/mol. The van der Waals surface area contributed by atoms with Crippen LogP contribution in [-0.2, 0) is 23.9 Å². The summed E-state index contributed by atoms with van der Waals surface area (Å²) in [7, 11) is 1.24. The van der Waals surface area contributed by atoms with Crippen LogP contribution in [0.3, 0.4) is 0 Å². The zero-order valence-electron chi connectivity index (χ0n) is 18.7. The van der Waals surface area contributed by atoms with Crippen molar-refractivity contribution in [3.05, 3.63) is 58.2 Å². The Balaban J connectivity index is 2.09. The van der Waals surface area contributed by atoms with Gasteiger partial charge in [0.2, 0.25) is 0 Å². The molecule has 1 heterocycles. The van der Waals surface area contributed by atoms with Crippen LogP contribution in [0.2, 0.25) is 0 Å². The number of carbonyl (C=O) groups is 3. The van der Waals surface area contributed by atoms with Gasteiger partial charge in [-0.15, -0.1) is 0 Å². The molecule has 0 saturated carbocycles. The number of allylic oxidation sites excluding steroid dienone is 3. The molecule has 0 bridgehead atoms. The van der Waals surface area contributed by atoms with Crippen molar-refractivity contribution < 1.29 is 28.2 Å². The summed E-state index contributed by atoms with van der Waals surface area (Å²) in [5, 5.41) is 3.17. The van der Waals surface area contributed by atoms with E-state index in [1.807, 2.05) is 6.92 Å². The summed E-state index contributed by atoms with van der Waals surface area (Å²) in [4.78, 5) is 39.0. The first-order valence-corrected chi connectivity index (χ1v) is 11.8. The number of benzene rings is 1. The Morgan fingerprint density at radius 1 is 1.28 bits per heavy atom. The maximum atomic E-state index is 15.0. The van der Waals surface area contributed by atoms with Crippen LogP contribution in [0.5, 0.6) is 0 Å². The van der Waals surface area contributed by atoms with E-state index in [9.17, 15) is 18.8 Å². The van der Waals surface area contributed by atoms with E-state index in [-0.39, 0.29) is 29.2 Å². The lowest BCUT2D eigenvalue weighted by atomic mass is 9.69. The Morgan fingerprint density at radius 3 is 2.66 bits per heavy atom. The summed E-state index contributed by atoms with van der Waals surface area (Å²) in [6, 6.07) is 6.06. The van der Waals surface area contributed by atoms with E-state index in [1.54, 1.807) is 43.8 Å². The van der Waals surface area contributed by atoms with Crippen molar-refractivity contribution in [2.45, 2.75) is 33.1 Å². The molecule has 1 aliphatic heterocycles. The summed E-state index contributed by atoms with van der Waals surface area (Å²) < 4.78 is 25.3. The van der Waals surface area contributed by atoms with Crippen molar-refractivity contribution in [1.29, 1.82) is 0 Å². The summed E-state index contributed by atoms with van der Waals surface area (Å²) in [5.41, 5.74) is 1.72. The average molecular weight is 462 g/mol. The molecule has 0 fully saturated rings. The van der Waals surface area contributed by atoms with Gasteiger partial charge in [0.05, 0.1) is 18.6 Å². The van der Waals surface area contributed by atoms with Crippen LogP contribution in [0.1, 0.15) is 38.7 Å². The van der Waals surface area contributed by atoms with E-state index in [0.717, 1.165) is 5.75 Å². The van der Waals surface area contributed by atoms with Crippen LogP contribution in [-0.4, -0.2) is 42.9 Å². The Morgan fingerprint density at radius 2 is 2.00 bits per heavy atom. The fourth-order valence-corrected chi connectivity index (χ4v) is 4.88. The molecule has 3 rings (SSSR count). The number of esters is 2. The molecule has 2 aliphatic rings. The van der Waals surface area contributed by atoms with Gasteiger partial charge >= 0.3 is 11.9 Å². The van der Waals surface area contributed by atoms with E-state index in [1.165, 1.54) is 13.2 Å². The molecular formula is C24H28FNO5S. The molecule has 0 spiro atoms. The summed E-state index contributed by atoms with van der Waals surface area (Å²) in [6.45, 7) is 5.74. The molecule has 172 valence electrons. The van der Waals surface area contributed by atoms with Gasteiger partial charge in [-0.25, -0.2) is 9.18 Å². The highest BCUT2D eigenvalue weighted by Gasteiger charge is 2.47. The second kappa shape index (κ2) is 10.3. The number of halogens is 1. The van der Waals surface area contributed by atoms with E-state index in [2.05, 4.69) is 5.32 Å². The first kappa shape index (κ1) is 24.0. The number of hydrogen-bond acceptors (Lipinski definition) is 7. The highest BCUT2D eigenvalue weighted by atomic mass is 32.2. The maximum Gasteiger partial charge on any atom is 0.336 e. The number of methoxy groups -OCH3 is 1. The molecule has 0 unspecified atom stereocenters. The van der Waals surface area contributed by atoms with Crippen molar-refractivity contribution in [1.82, 2.24) is 5.32 Å². The van der Waals surface area contributed by atoms with Gasteiger partial charge in [-0.1, -0.05) is 32.0 Å². The lowest BCUT2D eigenvalue weighted by Crippen LogP contribution is -2.43. The number of nitrogens with one attached hydrogen (secondary N) is 1. The van der Waals surface area contributed by atoms with Gasteiger partial charge < -0.3 is 14.8 Å². The summed E-state index contributed by atoms with van der Waals surface area (Å²) in [6.07, 6.45) is 0.401. The van der Waals surface area contributed by atoms with Crippen molar-refractivity contribution in [2.75, 3.05) is 25.2 Å². The van der Waals surface area contributed by atoms with Gasteiger partial charge in [-0.3, -0.25) is 9.59 Å².